The first-order valence-corrected chi connectivity index (χ1v) is 12.7. The van der Waals surface area contributed by atoms with E-state index < -0.39 is 47.9 Å². The van der Waals surface area contributed by atoms with Crippen LogP contribution in [0, 0.1) is 5.92 Å². The van der Waals surface area contributed by atoms with Gasteiger partial charge < -0.3 is 43.6 Å². The number of nitrogens with two attached hydrogens (primary N) is 4. The molecule has 1 heterocycles. The Bertz CT molecular complexity index is 774. The summed E-state index contributed by atoms with van der Waals surface area (Å²) in [4.78, 5) is 56.2. The Morgan fingerprint density at radius 3 is 2.33 bits per heavy atom. The second-order valence-electron chi connectivity index (χ2n) is 9.29. The first kappa shape index (κ1) is 31.1. The van der Waals surface area contributed by atoms with Crippen molar-refractivity contribution in [2.75, 3.05) is 19.6 Å². The molecule has 11 N–H and O–H groups in total. The molecule has 206 valence electrons. The Balaban J connectivity index is 2.97. The summed E-state index contributed by atoms with van der Waals surface area (Å²) >= 11 is 0. The van der Waals surface area contributed by atoms with Crippen LogP contribution in [0.5, 0.6) is 0 Å². The van der Waals surface area contributed by atoms with E-state index in [2.05, 4.69) is 15.6 Å². The number of aliphatic carboxylic acids is 1. The van der Waals surface area contributed by atoms with Crippen molar-refractivity contribution < 1.29 is 24.3 Å². The third-order valence-corrected chi connectivity index (χ3v) is 6.52. The summed E-state index contributed by atoms with van der Waals surface area (Å²) in [7, 11) is 0. The van der Waals surface area contributed by atoms with Crippen LogP contribution in [0.4, 0.5) is 0 Å². The van der Waals surface area contributed by atoms with E-state index in [9.17, 15) is 24.3 Å². The Morgan fingerprint density at radius 2 is 1.75 bits per heavy atom. The molecule has 0 aromatic heterocycles. The molecule has 36 heavy (non-hydrogen) atoms. The number of guanidine groups is 1. The summed E-state index contributed by atoms with van der Waals surface area (Å²) in [5.41, 5.74) is 22.3. The molecule has 13 nitrogen and oxygen atoms in total. The van der Waals surface area contributed by atoms with Crippen LogP contribution in [-0.2, 0) is 19.2 Å². The molecule has 5 unspecified atom stereocenters. The van der Waals surface area contributed by atoms with Gasteiger partial charge in [-0.2, -0.15) is 0 Å². The van der Waals surface area contributed by atoms with Crippen molar-refractivity contribution in [2.45, 2.75) is 89.4 Å². The summed E-state index contributed by atoms with van der Waals surface area (Å²) < 4.78 is 0. The number of carbonyl (C=O) groups excluding carboxylic acids is 3. The zero-order valence-electron chi connectivity index (χ0n) is 21.4. The average molecular weight is 513 g/mol. The van der Waals surface area contributed by atoms with E-state index in [0.717, 1.165) is 0 Å². The van der Waals surface area contributed by atoms with Crippen molar-refractivity contribution in [2.24, 2.45) is 33.8 Å². The fourth-order valence-electron chi connectivity index (χ4n) is 4.06. The first-order chi connectivity index (χ1) is 17.0. The van der Waals surface area contributed by atoms with Crippen LogP contribution in [-0.4, -0.2) is 83.5 Å². The van der Waals surface area contributed by atoms with Gasteiger partial charge in [-0.15, -0.1) is 0 Å². The van der Waals surface area contributed by atoms with E-state index in [-0.39, 0.29) is 31.3 Å². The lowest BCUT2D eigenvalue weighted by atomic mass is 9.98. The van der Waals surface area contributed by atoms with Crippen LogP contribution in [0.1, 0.15) is 65.2 Å². The van der Waals surface area contributed by atoms with Crippen molar-refractivity contribution in [3.63, 3.8) is 0 Å². The smallest absolute Gasteiger partial charge is 0.326 e. The maximum Gasteiger partial charge on any atom is 0.326 e. The molecule has 1 saturated heterocycles. The zero-order valence-corrected chi connectivity index (χ0v) is 21.4. The monoisotopic (exact) mass is 512 g/mol. The molecular weight excluding hydrogens is 468 g/mol. The fraction of sp³-hybridized carbons (Fsp3) is 0.783. The van der Waals surface area contributed by atoms with Gasteiger partial charge in [-0.05, 0) is 57.4 Å². The van der Waals surface area contributed by atoms with Crippen LogP contribution in [0.25, 0.3) is 0 Å². The number of hydrogen-bond acceptors (Lipinski definition) is 7. The second kappa shape index (κ2) is 15.9. The zero-order chi connectivity index (χ0) is 27.3. The number of rotatable bonds is 16. The van der Waals surface area contributed by atoms with E-state index in [0.29, 0.717) is 51.6 Å². The Kier molecular flexibility index (Phi) is 13.8. The minimum absolute atomic E-state index is 0.0727. The Labute approximate surface area is 212 Å². The van der Waals surface area contributed by atoms with Crippen LogP contribution in [0.3, 0.4) is 0 Å². The highest BCUT2D eigenvalue weighted by Gasteiger charge is 2.39. The van der Waals surface area contributed by atoms with Gasteiger partial charge in [0.15, 0.2) is 5.96 Å². The SMILES string of the molecule is CCC(C)C(N)C(=O)NC(CCCN=C(N)N)C(=O)N1CCCC1C(=O)NC(CCCCN)C(=O)O. The van der Waals surface area contributed by atoms with Crippen molar-refractivity contribution in [3.05, 3.63) is 0 Å². The molecule has 1 aliphatic heterocycles. The molecule has 1 fully saturated rings. The number of carboxylic acids is 1. The van der Waals surface area contributed by atoms with Gasteiger partial charge in [-0.3, -0.25) is 19.4 Å². The summed E-state index contributed by atoms with van der Waals surface area (Å²) in [6.45, 7) is 4.80. The molecule has 0 radical (unpaired) electrons. The summed E-state index contributed by atoms with van der Waals surface area (Å²) in [5.74, 6) is -2.69. The third-order valence-electron chi connectivity index (χ3n) is 6.52. The molecule has 1 aliphatic rings. The van der Waals surface area contributed by atoms with Crippen LogP contribution >= 0.6 is 0 Å². The van der Waals surface area contributed by atoms with Gasteiger partial charge in [0.1, 0.15) is 18.1 Å². The second-order valence-corrected chi connectivity index (χ2v) is 9.29. The molecule has 0 saturated carbocycles. The van der Waals surface area contributed by atoms with E-state index in [1.807, 2.05) is 13.8 Å². The van der Waals surface area contributed by atoms with Gasteiger partial charge in [0.05, 0.1) is 6.04 Å². The number of amides is 3. The molecule has 1 rings (SSSR count). The topological polar surface area (TPSA) is 232 Å². The van der Waals surface area contributed by atoms with Crippen LogP contribution in [0.15, 0.2) is 4.99 Å². The molecule has 13 heteroatoms. The fourth-order valence-corrected chi connectivity index (χ4v) is 4.06. The number of carbonyl (C=O) groups is 4. The molecule has 5 atom stereocenters. The predicted molar refractivity (Wildman–Crippen MR) is 136 cm³/mol. The predicted octanol–water partition coefficient (Wildman–Crippen LogP) is -1.41. The summed E-state index contributed by atoms with van der Waals surface area (Å²) in [6, 6.07) is -3.60. The van der Waals surface area contributed by atoms with Crippen molar-refractivity contribution in [1.29, 1.82) is 0 Å². The molecule has 0 aromatic rings. The van der Waals surface area contributed by atoms with E-state index >= 15 is 0 Å². The van der Waals surface area contributed by atoms with Crippen molar-refractivity contribution in [3.8, 4) is 0 Å². The van der Waals surface area contributed by atoms with Gasteiger partial charge in [0.25, 0.3) is 0 Å². The van der Waals surface area contributed by atoms with E-state index in [1.54, 1.807) is 0 Å². The molecule has 0 spiro atoms. The number of nitrogens with zero attached hydrogens (tertiary/aromatic N) is 2. The number of nitrogens with one attached hydrogen (secondary N) is 2. The van der Waals surface area contributed by atoms with Gasteiger partial charge in [-0.25, -0.2) is 4.79 Å². The van der Waals surface area contributed by atoms with Crippen LogP contribution < -0.4 is 33.6 Å². The first-order valence-electron chi connectivity index (χ1n) is 12.7. The summed E-state index contributed by atoms with van der Waals surface area (Å²) in [6.07, 6.45) is 3.78. The quantitative estimate of drug-likeness (QED) is 0.0729. The number of aliphatic imine (C=N–C) groups is 1. The molecule has 0 aromatic carbocycles. The average Bonchev–Trinajstić information content (AvgIpc) is 3.33. The maximum atomic E-state index is 13.5. The van der Waals surface area contributed by atoms with Gasteiger partial charge in [0.2, 0.25) is 17.7 Å². The lowest BCUT2D eigenvalue weighted by molar-refractivity contribution is -0.145. The van der Waals surface area contributed by atoms with E-state index in [1.165, 1.54) is 4.90 Å². The number of likely N-dealkylation sites (tertiary alicyclic amines) is 1. The number of hydrogen-bond donors (Lipinski definition) is 7. The highest BCUT2D eigenvalue weighted by atomic mass is 16.4. The Morgan fingerprint density at radius 1 is 1.08 bits per heavy atom. The third kappa shape index (κ3) is 9.97. The minimum atomic E-state index is -1.14. The molecular formula is C23H44N8O5. The largest absolute Gasteiger partial charge is 0.480 e. The minimum Gasteiger partial charge on any atom is -0.480 e. The Hall–Kier alpha value is -2.93. The molecule has 0 bridgehead atoms. The van der Waals surface area contributed by atoms with Crippen molar-refractivity contribution in [1.82, 2.24) is 15.5 Å². The standard InChI is InChI=1S/C23H44N8O5/c1-3-14(2)18(25)20(33)29-15(9-6-12-28-23(26)27)21(34)31-13-7-10-17(31)19(32)30-16(22(35)36)8-4-5-11-24/h14-18H,3-13,24-25H2,1-2H3,(H,29,33)(H,30,32)(H,35,36)(H4,26,27,28). The highest BCUT2D eigenvalue weighted by molar-refractivity contribution is 5.94. The van der Waals surface area contributed by atoms with E-state index in [4.69, 9.17) is 22.9 Å². The molecule has 0 aliphatic carbocycles. The lowest BCUT2D eigenvalue weighted by Gasteiger charge is -2.30. The number of carboxylic acid groups (broad SMARTS) is 1. The highest BCUT2D eigenvalue weighted by Crippen LogP contribution is 2.20. The van der Waals surface area contributed by atoms with Crippen LogP contribution in [0.2, 0.25) is 0 Å². The van der Waals surface area contributed by atoms with Gasteiger partial charge >= 0.3 is 5.97 Å². The van der Waals surface area contributed by atoms with Gasteiger partial charge in [0, 0.05) is 13.1 Å². The maximum absolute atomic E-state index is 13.5. The van der Waals surface area contributed by atoms with Crippen molar-refractivity contribution >= 4 is 29.7 Å². The normalized spacial score (nSPS) is 18.6. The summed E-state index contributed by atoms with van der Waals surface area (Å²) in [5, 5.41) is 14.8. The lowest BCUT2D eigenvalue weighted by Crippen LogP contribution is -2.57. The molecule has 3 amide bonds. The van der Waals surface area contributed by atoms with Gasteiger partial charge in [-0.1, -0.05) is 20.3 Å². The number of unbranched alkanes of at least 4 members (excludes halogenated alkanes) is 1.